The zero-order chi connectivity index (χ0) is 15.7. The Hall–Kier alpha value is -1.94. The highest BCUT2D eigenvalue weighted by Gasteiger charge is 2.08. The van der Waals surface area contributed by atoms with Crippen LogP contribution in [-0.4, -0.2) is 19.7 Å². The fourth-order valence-electron chi connectivity index (χ4n) is 1.89. The second-order valence-corrected chi connectivity index (χ2v) is 5.10. The summed E-state index contributed by atoms with van der Waals surface area (Å²) >= 11 is 3.50. The number of Topliss-reactive ketones (excluding diaryl/α,β-unsaturated/α-hetero) is 1. The van der Waals surface area contributed by atoms with Gasteiger partial charge in [0.1, 0.15) is 12.5 Å². The number of methoxy groups -OCH3 is 1. The maximum atomic E-state index is 12.0. The van der Waals surface area contributed by atoms with Crippen molar-refractivity contribution in [1.29, 1.82) is 0 Å². The second kappa shape index (κ2) is 9.08. The molecule has 3 nitrogen and oxygen atoms in total. The van der Waals surface area contributed by atoms with Gasteiger partial charge in [0.05, 0.1) is 7.11 Å². The van der Waals surface area contributed by atoms with Crippen LogP contribution in [0.3, 0.4) is 0 Å². The Kier molecular flexibility index (Phi) is 7.40. The number of aryl methyl sites for hydroxylation is 1. The molecule has 21 heavy (non-hydrogen) atoms. The van der Waals surface area contributed by atoms with E-state index in [1.807, 2.05) is 55.3 Å². The molecular weight excluding hydrogens is 332 g/mol. The Bertz CT molecular complexity index is 582. The van der Waals surface area contributed by atoms with Gasteiger partial charge in [-0.1, -0.05) is 46.3 Å². The van der Waals surface area contributed by atoms with Crippen molar-refractivity contribution in [2.45, 2.75) is 12.8 Å². The molecule has 2 rings (SSSR count). The van der Waals surface area contributed by atoms with Crippen molar-refractivity contribution in [1.82, 2.24) is 0 Å². The summed E-state index contributed by atoms with van der Waals surface area (Å²) < 4.78 is 6.20. The van der Waals surface area contributed by atoms with E-state index in [1.54, 1.807) is 7.11 Å². The van der Waals surface area contributed by atoms with Crippen LogP contribution < -0.4 is 4.74 Å². The van der Waals surface area contributed by atoms with E-state index in [1.165, 1.54) is 0 Å². The highest BCUT2D eigenvalue weighted by molar-refractivity contribution is 9.10. The molecule has 0 N–H and O–H groups in total. The monoisotopic (exact) mass is 348 g/mol. The quantitative estimate of drug-likeness (QED) is 0.764. The third-order valence-corrected chi connectivity index (χ3v) is 3.74. The summed E-state index contributed by atoms with van der Waals surface area (Å²) in [5.74, 6) is 0.973. The van der Waals surface area contributed by atoms with E-state index < -0.39 is 0 Å². The van der Waals surface area contributed by atoms with Gasteiger partial charge < -0.3 is 9.53 Å². The molecule has 0 aliphatic heterocycles. The number of halogens is 1. The van der Waals surface area contributed by atoms with E-state index in [-0.39, 0.29) is 5.78 Å². The Labute approximate surface area is 133 Å². The van der Waals surface area contributed by atoms with E-state index in [0.717, 1.165) is 21.3 Å². The van der Waals surface area contributed by atoms with Gasteiger partial charge in [0, 0.05) is 16.5 Å². The van der Waals surface area contributed by atoms with Crippen molar-refractivity contribution in [3.63, 3.8) is 0 Å². The molecule has 0 saturated heterocycles. The molecule has 0 heterocycles. The number of ether oxygens (including phenoxy) is 1. The van der Waals surface area contributed by atoms with Crippen LogP contribution in [0.15, 0.2) is 53.0 Å². The van der Waals surface area contributed by atoms with Gasteiger partial charge in [-0.15, -0.1) is 0 Å². The van der Waals surface area contributed by atoms with E-state index in [4.69, 9.17) is 9.53 Å². The summed E-state index contributed by atoms with van der Waals surface area (Å²) in [6.45, 7) is 2.00. The van der Waals surface area contributed by atoms with Gasteiger partial charge in [0.2, 0.25) is 0 Å². The second-order valence-electron chi connectivity index (χ2n) is 4.25. The van der Waals surface area contributed by atoms with Crippen LogP contribution in [0, 0.1) is 0 Å². The zero-order valence-electron chi connectivity index (χ0n) is 11.8. The number of hydrogen-bond acceptors (Lipinski definition) is 3. The Balaban J connectivity index is 0.00000106. The summed E-state index contributed by atoms with van der Waals surface area (Å²) in [4.78, 5) is 20.0. The van der Waals surface area contributed by atoms with Crippen LogP contribution in [0.25, 0.3) is 0 Å². The van der Waals surface area contributed by atoms with Gasteiger partial charge in [0.25, 0.3) is 0 Å². The van der Waals surface area contributed by atoms with E-state index in [0.29, 0.717) is 12.8 Å². The smallest absolute Gasteiger partial charge is 0.163 e. The third kappa shape index (κ3) is 5.16. The highest BCUT2D eigenvalue weighted by atomic mass is 79.9. The van der Waals surface area contributed by atoms with Crippen molar-refractivity contribution in [2.24, 2.45) is 0 Å². The molecule has 0 aliphatic rings. The van der Waals surface area contributed by atoms with Crippen LogP contribution in [-0.2, 0) is 11.2 Å². The lowest BCUT2D eigenvalue weighted by molar-refractivity contribution is -0.0979. The number of rotatable bonds is 5. The van der Waals surface area contributed by atoms with E-state index in [9.17, 15) is 4.79 Å². The van der Waals surface area contributed by atoms with Crippen LogP contribution in [0.1, 0.15) is 22.3 Å². The molecule has 0 unspecified atom stereocenters. The number of hydrogen-bond donors (Lipinski definition) is 0. The molecule has 2 aromatic carbocycles. The molecule has 110 valence electrons. The molecule has 0 radical (unpaired) electrons. The van der Waals surface area contributed by atoms with Crippen LogP contribution in [0.5, 0.6) is 5.75 Å². The van der Waals surface area contributed by atoms with Crippen molar-refractivity contribution >= 4 is 28.5 Å². The molecule has 0 saturated carbocycles. The minimum Gasteiger partial charge on any atom is -0.497 e. The number of carbonyl (C=O) groups excluding carboxylic acids is 2. The Morgan fingerprint density at radius 1 is 1.14 bits per heavy atom. The number of ketones is 1. The van der Waals surface area contributed by atoms with Gasteiger partial charge in [-0.2, -0.15) is 0 Å². The average molecular weight is 349 g/mol. The lowest BCUT2D eigenvalue weighted by Gasteiger charge is -2.07. The molecule has 0 amide bonds. The first-order chi connectivity index (χ1) is 10.2. The predicted octanol–water partition coefficient (Wildman–Crippen LogP) is 4.09. The molecule has 0 spiro atoms. The molecule has 0 atom stereocenters. The third-order valence-electron chi connectivity index (χ3n) is 2.97. The molecule has 0 fully saturated rings. The van der Waals surface area contributed by atoms with E-state index in [2.05, 4.69) is 15.9 Å². The Morgan fingerprint density at radius 2 is 1.81 bits per heavy atom. The largest absolute Gasteiger partial charge is 0.497 e. The normalized spacial score (nSPS) is 9.43. The molecule has 0 aromatic heterocycles. The summed E-state index contributed by atoms with van der Waals surface area (Å²) in [5, 5.41) is 0. The molecule has 0 aliphatic carbocycles. The van der Waals surface area contributed by atoms with Crippen molar-refractivity contribution in [3.05, 3.63) is 64.1 Å². The lowest BCUT2D eigenvalue weighted by Crippen LogP contribution is -2.01. The van der Waals surface area contributed by atoms with E-state index >= 15 is 0 Å². The maximum absolute atomic E-state index is 12.0. The van der Waals surface area contributed by atoms with Crippen LogP contribution in [0.2, 0.25) is 0 Å². The van der Waals surface area contributed by atoms with Crippen molar-refractivity contribution in [2.75, 3.05) is 7.11 Å². The minimum absolute atomic E-state index is 0.162. The molecular formula is C17H17BrO3. The van der Waals surface area contributed by atoms with Gasteiger partial charge in [0.15, 0.2) is 5.78 Å². The van der Waals surface area contributed by atoms with Gasteiger partial charge >= 0.3 is 0 Å². The highest BCUT2D eigenvalue weighted by Crippen LogP contribution is 2.24. The van der Waals surface area contributed by atoms with Gasteiger partial charge in [-0.3, -0.25) is 4.79 Å². The minimum atomic E-state index is 0.162. The molecule has 0 bridgehead atoms. The fourth-order valence-corrected chi connectivity index (χ4v) is 2.33. The predicted molar refractivity (Wildman–Crippen MR) is 86.9 cm³/mol. The summed E-state index contributed by atoms with van der Waals surface area (Å²) in [6.07, 6.45) is 1.20. The van der Waals surface area contributed by atoms with Crippen LogP contribution in [0.4, 0.5) is 0 Å². The average Bonchev–Trinajstić information content (AvgIpc) is 2.56. The lowest BCUT2D eigenvalue weighted by atomic mass is 10.0. The van der Waals surface area contributed by atoms with Gasteiger partial charge in [-0.25, -0.2) is 0 Å². The summed E-state index contributed by atoms with van der Waals surface area (Å²) in [5.41, 5.74) is 1.85. The molecule has 2 aromatic rings. The first-order valence-electron chi connectivity index (χ1n) is 6.40. The standard InChI is InChI=1S/C16H15BrO2.CH2O/c1-19-14-8-9-15(17)13(11-14)7-10-16(18)12-5-3-2-4-6-12;1-2/h2-6,8-9,11H,7,10H2,1H3;1H2. The number of benzene rings is 2. The molecule has 4 heteroatoms. The summed E-state index contributed by atoms with van der Waals surface area (Å²) in [7, 11) is 1.64. The topological polar surface area (TPSA) is 43.4 Å². The van der Waals surface area contributed by atoms with Gasteiger partial charge in [-0.05, 0) is 30.2 Å². The van der Waals surface area contributed by atoms with Crippen molar-refractivity contribution < 1.29 is 14.3 Å². The Morgan fingerprint density at radius 3 is 2.43 bits per heavy atom. The van der Waals surface area contributed by atoms with Crippen molar-refractivity contribution in [3.8, 4) is 5.75 Å². The summed E-state index contributed by atoms with van der Waals surface area (Å²) in [6, 6.07) is 15.2. The fraction of sp³-hybridized carbons (Fsp3) is 0.176. The zero-order valence-corrected chi connectivity index (χ0v) is 13.4. The van der Waals surface area contributed by atoms with Crippen LogP contribution >= 0.6 is 15.9 Å². The SMILES string of the molecule is C=O.COc1ccc(Br)c(CCC(=O)c2ccccc2)c1. The first-order valence-corrected chi connectivity index (χ1v) is 7.19. The first kappa shape index (κ1) is 17.1. The number of carbonyl (C=O) groups is 2. The maximum Gasteiger partial charge on any atom is 0.163 e.